The minimum absolute atomic E-state index is 0.117. The summed E-state index contributed by atoms with van der Waals surface area (Å²) >= 11 is 0. The number of nitrogens with one attached hydrogen (secondary N) is 1. The van der Waals surface area contributed by atoms with Crippen molar-refractivity contribution in [3.63, 3.8) is 0 Å². The zero-order chi connectivity index (χ0) is 12.1. The third-order valence-electron chi connectivity index (χ3n) is 2.82. The lowest BCUT2D eigenvalue weighted by Crippen LogP contribution is -2.28. The van der Waals surface area contributed by atoms with Gasteiger partial charge < -0.3 is 11.1 Å². The molecular weight excluding hydrogens is 210 g/mol. The molecule has 1 aromatic heterocycles. The second kappa shape index (κ2) is 5.57. The summed E-state index contributed by atoms with van der Waals surface area (Å²) in [6.07, 6.45) is 5.59. The first-order valence-electron chi connectivity index (χ1n) is 5.73. The number of pyridine rings is 1. The third-order valence-corrected chi connectivity index (χ3v) is 2.82. The van der Waals surface area contributed by atoms with Gasteiger partial charge in [-0.3, -0.25) is 4.98 Å². The van der Waals surface area contributed by atoms with Crippen molar-refractivity contribution < 1.29 is 0 Å². The molecule has 0 spiro atoms. The first-order chi connectivity index (χ1) is 8.36. The van der Waals surface area contributed by atoms with Crippen molar-refractivity contribution in [1.29, 1.82) is 0 Å². The van der Waals surface area contributed by atoms with Crippen molar-refractivity contribution in [2.75, 3.05) is 13.1 Å². The van der Waals surface area contributed by atoms with Crippen molar-refractivity contribution in [2.45, 2.75) is 6.04 Å². The van der Waals surface area contributed by atoms with Gasteiger partial charge in [-0.2, -0.15) is 0 Å². The summed E-state index contributed by atoms with van der Waals surface area (Å²) in [7, 11) is 0. The Bertz CT molecular complexity index is 502. The predicted octanol–water partition coefficient (Wildman–Crippen LogP) is 2.01. The second-order valence-corrected chi connectivity index (χ2v) is 3.94. The molecule has 0 aliphatic rings. The molecule has 1 unspecified atom stereocenters. The number of fused-ring (bicyclic) bond motifs is 1. The summed E-state index contributed by atoms with van der Waals surface area (Å²) in [5, 5.41) is 5.69. The fourth-order valence-electron chi connectivity index (χ4n) is 1.96. The highest BCUT2D eigenvalue weighted by molar-refractivity contribution is 5.85. The Hall–Kier alpha value is -1.71. The van der Waals surface area contributed by atoms with Crippen LogP contribution in [0.3, 0.4) is 0 Å². The van der Waals surface area contributed by atoms with E-state index in [1.165, 1.54) is 5.39 Å². The average Bonchev–Trinajstić information content (AvgIpc) is 2.40. The molecular formula is C14H17N3. The molecule has 0 bridgehead atoms. The maximum Gasteiger partial charge on any atom is 0.0468 e. The Morgan fingerprint density at radius 1 is 1.35 bits per heavy atom. The molecule has 3 N–H and O–H groups in total. The van der Waals surface area contributed by atoms with Crippen LogP contribution in [0.2, 0.25) is 0 Å². The van der Waals surface area contributed by atoms with E-state index in [-0.39, 0.29) is 6.04 Å². The van der Waals surface area contributed by atoms with Gasteiger partial charge in [0.1, 0.15) is 0 Å². The molecule has 0 radical (unpaired) electrons. The lowest BCUT2D eigenvalue weighted by atomic mass is 10.0. The molecule has 1 heterocycles. The zero-order valence-corrected chi connectivity index (χ0v) is 9.76. The summed E-state index contributed by atoms with van der Waals surface area (Å²) in [6, 6.07) is 8.33. The molecule has 3 heteroatoms. The molecule has 88 valence electrons. The zero-order valence-electron chi connectivity index (χ0n) is 9.76. The third kappa shape index (κ3) is 2.52. The predicted molar refractivity (Wildman–Crippen MR) is 71.7 cm³/mol. The maximum absolute atomic E-state index is 5.81. The smallest absolute Gasteiger partial charge is 0.0468 e. The molecule has 0 amide bonds. The van der Waals surface area contributed by atoms with Gasteiger partial charge in [0, 0.05) is 36.9 Å². The molecule has 17 heavy (non-hydrogen) atoms. The van der Waals surface area contributed by atoms with Crippen LogP contribution in [0.25, 0.3) is 10.8 Å². The summed E-state index contributed by atoms with van der Waals surface area (Å²) in [4.78, 5) is 4.27. The molecule has 1 aromatic carbocycles. The van der Waals surface area contributed by atoms with Crippen LogP contribution in [0, 0.1) is 0 Å². The molecule has 0 aliphatic carbocycles. The van der Waals surface area contributed by atoms with Crippen molar-refractivity contribution in [3.05, 3.63) is 54.9 Å². The SMILES string of the molecule is C=CCNC(CN)c1cncc2ccccc12. The van der Waals surface area contributed by atoms with Gasteiger partial charge in [0.25, 0.3) is 0 Å². The Morgan fingerprint density at radius 2 is 2.18 bits per heavy atom. The minimum Gasteiger partial charge on any atom is -0.329 e. The minimum atomic E-state index is 0.117. The number of nitrogens with zero attached hydrogens (tertiary/aromatic N) is 1. The number of hydrogen-bond donors (Lipinski definition) is 2. The summed E-state index contributed by atoms with van der Waals surface area (Å²) in [5.74, 6) is 0. The van der Waals surface area contributed by atoms with E-state index in [2.05, 4.69) is 29.0 Å². The van der Waals surface area contributed by atoms with Gasteiger partial charge in [0.2, 0.25) is 0 Å². The molecule has 3 nitrogen and oxygen atoms in total. The lowest BCUT2D eigenvalue weighted by Gasteiger charge is -2.17. The largest absolute Gasteiger partial charge is 0.329 e. The topological polar surface area (TPSA) is 50.9 Å². The van der Waals surface area contributed by atoms with E-state index in [4.69, 9.17) is 5.73 Å². The van der Waals surface area contributed by atoms with Gasteiger partial charge in [-0.15, -0.1) is 6.58 Å². The van der Waals surface area contributed by atoms with Gasteiger partial charge in [0.15, 0.2) is 0 Å². The number of hydrogen-bond acceptors (Lipinski definition) is 3. The van der Waals surface area contributed by atoms with E-state index >= 15 is 0 Å². The first kappa shape index (κ1) is 11.8. The van der Waals surface area contributed by atoms with Crippen molar-refractivity contribution in [3.8, 4) is 0 Å². The molecule has 0 saturated carbocycles. The van der Waals surface area contributed by atoms with Crippen LogP contribution < -0.4 is 11.1 Å². The van der Waals surface area contributed by atoms with E-state index in [1.54, 1.807) is 0 Å². The number of rotatable bonds is 5. The van der Waals surface area contributed by atoms with E-state index in [0.29, 0.717) is 6.54 Å². The number of aromatic nitrogens is 1. The van der Waals surface area contributed by atoms with Crippen LogP contribution in [-0.4, -0.2) is 18.1 Å². The standard InChI is InChI=1S/C14H17N3/c1-2-7-17-14(8-15)13-10-16-9-11-5-3-4-6-12(11)13/h2-6,9-10,14,17H,1,7-8,15H2. The quantitative estimate of drug-likeness (QED) is 0.768. The second-order valence-electron chi connectivity index (χ2n) is 3.94. The molecule has 0 saturated heterocycles. The monoisotopic (exact) mass is 227 g/mol. The molecule has 0 fully saturated rings. The van der Waals surface area contributed by atoms with Crippen molar-refractivity contribution in [2.24, 2.45) is 5.73 Å². The average molecular weight is 227 g/mol. The van der Waals surface area contributed by atoms with Crippen LogP contribution in [-0.2, 0) is 0 Å². The fraction of sp³-hybridized carbons (Fsp3) is 0.214. The van der Waals surface area contributed by atoms with Crippen LogP contribution >= 0.6 is 0 Å². The van der Waals surface area contributed by atoms with Gasteiger partial charge in [0.05, 0.1) is 0 Å². The van der Waals surface area contributed by atoms with Crippen LogP contribution in [0.5, 0.6) is 0 Å². The van der Waals surface area contributed by atoms with Crippen molar-refractivity contribution in [1.82, 2.24) is 10.3 Å². The summed E-state index contributed by atoms with van der Waals surface area (Å²) in [5.41, 5.74) is 6.96. The van der Waals surface area contributed by atoms with E-state index in [0.717, 1.165) is 17.5 Å². The Balaban J connectivity index is 2.42. The normalized spacial score (nSPS) is 12.5. The fourth-order valence-corrected chi connectivity index (χ4v) is 1.96. The highest BCUT2D eigenvalue weighted by Gasteiger charge is 2.11. The highest BCUT2D eigenvalue weighted by atomic mass is 14.9. The van der Waals surface area contributed by atoms with Gasteiger partial charge >= 0.3 is 0 Å². The van der Waals surface area contributed by atoms with Gasteiger partial charge in [-0.1, -0.05) is 30.3 Å². The lowest BCUT2D eigenvalue weighted by molar-refractivity contribution is 0.580. The Kier molecular flexibility index (Phi) is 3.85. The highest BCUT2D eigenvalue weighted by Crippen LogP contribution is 2.22. The van der Waals surface area contributed by atoms with E-state index in [9.17, 15) is 0 Å². The molecule has 2 rings (SSSR count). The Morgan fingerprint density at radius 3 is 2.94 bits per heavy atom. The summed E-state index contributed by atoms with van der Waals surface area (Å²) < 4.78 is 0. The summed E-state index contributed by atoms with van der Waals surface area (Å²) in [6.45, 7) is 4.99. The van der Waals surface area contributed by atoms with Crippen molar-refractivity contribution >= 4 is 10.8 Å². The van der Waals surface area contributed by atoms with Gasteiger partial charge in [-0.25, -0.2) is 0 Å². The van der Waals surface area contributed by atoms with E-state index < -0.39 is 0 Å². The Labute approximate surface area is 101 Å². The van der Waals surface area contributed by atoms with Crippen LogP contribution in [0.15, 0.2) is 49.3 Å². The molecule has 1 atom stereocenters. The molecule has 2 aromatic rings. The number of benzene rings is 1. The number of nitrogens with two attached hydrogens (primary N) is 1. The molecule has 0 aliphatic heterocycles. The van der Waals surface area contributed by atoms with Crippen LogP contribution in [0.4, 0.5) is 0 Å². The van der Waals surface area contributed by atoms with Gasteiger partial charge in [-0.05, 0) is 10.9 Å². The maximum atomic E-state index is 5.81. The van der Waals surface area contributed by atoms with E-state index in [1.807, 2.05) is 30.6 Å². The first-order valence-corrected chi connectivity index (χ1v) is 5.73. The van der Waals surface area contributed by atoms with Crippen LogP contribution in [0.1, 0.15) is 11.6 Å².